The molecule has 6 nitrogen and oxygen atoms in total. The number of amides is 1. The topological polar surface area (TPSA) is 82.2 Å². The first-order chi connectivity index (χ1) is 10.2. The fraction of sp³-hybridized carbons (Fsp3) is 0.375. The lowest BCUT2D eigenvalue weighted by molar-refractivity contribution is 0.0523. The average molecular weight is 302 g/mol. The predicted molar refractivity (Wildman–Crippen MR) is 86.1 cm³/mol. The van der Waals surface area contributed by atoms with Crippen LogP contribution in [0.4, 0.5) is 10.6 Å². The lowest BCUT2D eigenvalue weighted by atomic mass is 10.1. The highest BCUT2D eigenvalue weighted by molar-refractivity contribution is 5.68. The quantitative estimate of drug-likeness (QED) is 0.913. The number of nitrogens with zero attached hydrogens (tertiary/aromatic N) is 2. The van der Waals surface area contributed by atoms with Gasteiger partial charge in [-0.1, -0.05) is 18.2 Å². The number of aromatic nitrogens is 2. The zero-order valence-corrected chi connectivity index (χ0v) is 13.4. The summed E-state index contributed by atoms with van der Waals surface area (Å²) in [5.74, 6) is 0.604. The number of aryl methyl sites for hydroxylation is 1. The van der Waals surface area contributed by atoms with Crippen molar-refractivity contribution in [2.24, 2.45) is 7.05 Å². The number of alkyl carbamates (subject to hydrolysis) is 1. The van der Waals surface area contributed by atoms with E-state index in [4.69, 9.17) is 10.5 Å². The van der Waals surface area contributed by atoms with Gasteiger partial charge in [0.05, 0.1) is 5.69 Å². The van der Waals surface area contributed by atoms with Crippen molar-refractivity contribution in [1.29, 1.82) is 0 Å². The summed E-state index contributed by atoms with van der Waals surface area (Å²) in [5.41, 5.74) is 8.02. The maximum absolute atomic E-state index is 11.7. The number of carbonyl (C=O) groups excluding carboxylic acids is 1. The Bertz CT molecular complexity index is 652. The Morgan fingerprint density at radius 3 is 2.68 bits per heavy atom. The van der Waals surface area contributed by atoms with Gasteiger partial charge in [0.15, 0.2) is 0 Å². The molecule has 1 aromatic carbocycles. The molecule has 22 heavy (non-hydrogen) atoms. The van der Waals surface area contributed by atoms with Crippen LogP contribution >= 0.6 is 0 Å². The van der Waals surface area contributed by atoms with Crippen LogP contribution in [0, 0.1) is 0 Å². The van der Waals surface area contributed by atoms with Gasteiger partial charge in [-0.15, -0.1) is 0 Å². The van der Waals surface area contributed by atoms with Crippen molar-refractivity contribution >= 4 is 11.9 Å². The van der Waals surface area contributed by atoms with E-state index in [2.05, 4.69) is 10.4 Å². The molecule has 3 N–H and O–H groups in total. The highest BCUT2D eigenvalue weighted by Gasteiger charge is 2.15. The summed E-state index contributed by atoms with van der Waals surface area (Å²) in [7, 11) is 1.80. The van der Waals surface area contributed by atoms with E-state index in [0.717, 1.165) is 16.8 Å². The zero-order valence-electron chi connectivity index (χ0n) is 13.4. The van der Waals surface area contributed by atoms with Crippen molar-refractivity contribution in [2.75, 3.05) is 5.73 Å². The van der Waals surface area contributed by atoms with Gasteiger partial charge in [-0.05, 0) is 32.4 Å². The minimum Gasteiger partial charge on any atom is -0.444 e. The Hall–Kier alpha value is -2.50. The number of ether oxygens (including phenoxy) is 1. The monoisotopic (exact) mass is 302 g/mol. The minimum atomic E-state index is -0.503. The molecule has 1 amide bonds. The molecule has 0 spiro atoms. The van der Waals surface area contributed by atoms with E-state index in [9.17, 15) is 4.79 Å². The van der Waals surface area contributed by atoms with Gasteiger partial charge < -0.3 is 15.8 Å². The van der Waals surface area contributed by atoms with E-state index >= 15 is 0 Å². The van der Waals surface area contributed by atoms with E-state index < -0.39 is 11.7 Å². The van der Waals surface area contributed by atoms with Crippen LogP contribution in [0.25, 0.3) is 11.3 Å². The molecule has 1 heterocycles. The number of nitrogen functional groups attached to an aromatic ring is 1. The molecule has 0 fully saturated rings. The smallest absolute Gasteiger partial charge is 0.407 e. The van der Waals surface area contributed by atoms with E-state index in [0.29, 0.717) is 12.4 Å². The number of benzene rings is 1. The molecule has 118 valence electrons. The molecule has 0 aliphatic carbocycles. The molecular formula is C16H22N4O2. The van der Waals surface area contributed by atoms with Crippen LogP contribution in [0.3, 0.4) is 0 Å². The van der Waals surface area contributed by atoms with Gasteiger partial charge in [0.2, 0.25) is 0 Å². The van der Waals surface area contributed by atoms with Gasteiger partial charge in [-0.25, -0.2) is 4.79 Å². The summed E-state index contributed by atoms with van der Waals surface area (Å²) in [6, 6.07) is 9.61. The van der Waals surface area contributed by atoms with Crippen LogP contribution in [0.2, 0.25) is 0 Å². The number of nitrogens with two attached hydrogens (primary N) is 1. The van der Waals surface area contributed by atoms with Gasteiger partial charge in [0.1, 0.15) is 11.4 Å². The van der Waals surface area contributed by atoms with Crippen molar-refractivity contribution in [3.05, 3.63) is 35.9 Å². The molecule has 0 bridgehead atoms. The lowest BCUT2D eigenvalue weighted by Gasteiger charge is -2.19. The molecule has 0 unspecified atom stereocenters. The molecule has 0 radical (unpaired) electrons. The van der Waals surface area contributed by atoms with Crippen LogP contribution in [0.15, 0.2) is 30.3 Å². The SMILES string of the molecule is Cn1nc(-c2cccc(CNC(=O)OC(C)(C)C)c2)cc1N. The van der Waals surface area contributed by atoms with Crippen LogP contribution in [-0.2, 0) is 18.3 Å². The highest BCUT2D eigenvalue weighted by atomic mass is 16.6. The number of hydrogen-bond acceptors (Lipinski definition) is 4. The number of hydrogen-bond donors (Lipinski definition) is 2. The molecule has 0 atom stereocenters. The molecule has 6 heteroatoms. The normalized spacial score (nSPS) is 11.3. The average Bonchev–Trinajstić information content (AvgIpc) is 2.75. The lowest BCUT2D eigenvalue weighted by Crippen LogP contribution is -2.32. The third-order valence-corrected chi connectivity index (χ3v) is 2.97. The highest BCUT2D eigenvalue weighted by Crippen LogP contribution is 2.21. The summed E-state index contributed by atoms with van der Waals surface area (Å²) in [4.78, 5) is 11.7. The second-order valence-corrected chi connectivity index (χ2v) is 6.13. The summed E-state index contributed by atoms with van der Waals surface area (Å²) in [6.45, 7) is 5.89. The Kier molecular flexibility index (Phi) is 4.40. The fourth-order valence-electron chi connectivity index (χ4n) is 1.95. The van der Waals surface area contributed by atoms with Crippen molar-refractivity contribution in [2.45, 2.75) is 32.9 Å². The van der Waals surface area contributed by atoms with Crippen LogP contribution < -0.4 is 11.1 Å². The Balaban J connectivity index is 2.04. The molecule has 2 rings (SSSR count). The van der Waals surface area contributed by atoms with E-state index in [1.165, 1.54) is 0 Å². The molecular weight excluding hydrogens is 280 g/mol. The van der Waals surface area contributed by atoms with Gasteiger partial charge >= 0.3 is 6.09 Å². The number of anilines is 1. The van der Waals surface area contributed by atoms with Crippen LogP contribution in [-0.4, -0.2) is 21.5 Å². The first-order valence-electron chi connectivity index (χ1n) is 7.10. The standard InChI is InChI=1S/C16H22N4O2/c1-16(2,3)22-15(21)18-10-11-6-5-7-12(8-11)13-9-14(17)20(4)19-13/h5-9H,10,17H2,1-4H3,(H,18,21). The Morgan fingerprint density at radius 1 is 1.36 bits per heavy atom. The van der Waals surface area contributed by atoms with Crippen LogP contribution in [0.5, 0.6) is 0 Å². The largest absolute Gasteiger partial charge is 0.444 e. The first kappa shape index (κ1) is 15.9. The summed E-state index contributed by atoms with van der Waals surface area (Å²) in [5, 5.41) is 7.08. The molecule has 0 saturated heterocycles. The van der Waals surface area contributed by atoms with E-state index in [-0.39, 0.29) is 0 Å². The van der Waals surface area contributed by atoms with Crippen LogP contribution in [0.1, 0.15) is 26.3 Å². The number of carbonyl (C=O) groups is 1. The van der Waals surface area contributed by atoms with Crippen molar-refractivity contribution in [3.63, 3.8) is 0 Å². The van der Waals surface area contributed by atoms with Gasteiger partial charge in [0.25, 0.3) is 0 Å². The number of nitrogens with one attached hydrogen (secondary N) is 1. The first-order valence-corrected chi connectivity index (χ1v) is 7.10. The maximum atomic E-state index is 11.7. The van der Waals surface area contributed by atoms with E-state index in [1.807, 2.05) is 51.1 Å². The van der Waals surface area contributed by atoms with Crippen molar-refractivity contribution in [1.82, 2.24) is 15.1 Å². The summed E-state index contributed by atoms with van der Waals surface area (Å²) >= 11 is 0. The summed E-state index contributed by atoms with van der Waals surface area (Å²) < 4.78 is 6.84. The second kappa shape index (κ2) is 6.09. The third kappa shape index (κ3) is 4.25. The summed E-state index contributed by atoms with van der Waals surface area (Å²) in [6.07, 6.45) is -0.431. The van der Waals surface area contributed by atoms with Gasteiger partial charge in [0, 0.05) is 25.2 Å². The number of rotatable bonds is 3. The second-order valence-electron chi connectivity index (χ2n) is 6.13. The van der Waals surface area contributed by atoms with Gasteiger partial charge in [-0.3, -0.25) is 4.68 Å². The fourth-order valence-corrected chi connectivity index (χ4v) is 1.95. The zero-order chi connectivity index (χ0) is 16.3. The molecule has 1 aromatic heterocycles. The molecule has 0 aliphatic rings. The minimum absolute atomic E-state index is 0.394. The molecule has 0 saturated carbocycles. The maximum Gasteiger partial charge on any atom is 0.407 e. The Labute approximate surface area is 130 Å². The molecule has 2 aromatic rings. The van der Waals surface area contributed by atoms with Crippen molar-refractivity contribution < 1.29 is 9.53 Å². The predicted octanol–water partition coefficient (Wildman–Crippen LogP) is 2.69. The van der Waals surface area contributed by atoms with Crippen molar-refractivity contribution in [3.8, 4) is 11.3 Å². The van der Waals surface area contributed by atoms with E-state index in [1.54, 1.807) is 11.7 Å². The molecule has 0 aliphatic heterocycles. The Morgan fingerprint density at radius 2 is 2.09 bits per heavy atom. The third-order valence-electron chi connectivity index (χ3n) is 2.97. The van der Waals surface area contributed by atoms with Gasteiger partial charge in [-0.2, -0.15) is 5.10 Å².